The van der Waals surface area contributed by atoms with Crippen LogP contribution in [0, 0.1) is 3.57 Å². The minimum Gasteiger partial charge on any atom is -0.0606 e. The molecule has 2 aromatic carbocycles. The second-order valence-electron chi connectivity index (χ2n) is 5.47. The van der Waals surface area contributed by atoms with E-state index >= 15 is 0 Å². The third kappa shape index (κ3) is 3.19. The molecule has 1 aliphatic carbocycles. The van der Waals surface area contributed by atoms with Gasteiger partial charge in [0.25, 0.3) is 0 Å². The number of rotatable bonds is 2. The Hall–Kier alpha value is -0.830. The summed E-state index contributed by atoms with van der Waals surface area (Å²) >= 11 is 2.37. The fourth-order valence-corrected chi connectivity index (χ4v) is 3.59. The molecule has 0 unspecified atom stereocenters. The smallest absolute Gasteiger partial charge is 0.0136 e. The van der Waals surface area contributed by atoms with Crippen molar-refractivity contribution in [2.45, 2.75) is 38.0 Å². The summed E-state index contributed by atoms with van der Waals surface area (Å²) in [7, 11) is 0. The van der Waals surface area contributed by atoms with Crippen LogP contribution in [0.3, 0.4) is 0 Å². The van der Waals surface area contributed by atoms with E-state index in [-0.39, 0.29) is 0 Å². The maximum atomic E-state index is 2.37. The predicted molar refractivity (Wildman–Crippen MR) is 90.4 cm³/mol. The van der Waals surface area contributed by atoms with Crippen LogP contribution < -0.4 is 0 Å². The lowest BCUT2D eigenvalue weighted by Gasteiger charge is -2.22. The Balaban J connectivity index is 1.82. The summed E-state index contributed by atoms with van der Waals surface area (Å²) in [6, 6.07) is 18.0. The van der Waals surface area contributed by atoms with E-state index in [0.717, 1.165) is 5.92 Å². The van der Waals surface area contributed by atoms with Crippen LogP contribution in [0.4, 0.5) is 0 Å². The fraction of sp³-hybridized carbons (Fsp3) is 0.333. The summed E-state index contributed by atoms with van der Waals surface area (Å²) in [4.78, 5) is 0. The average molecular weight is 362 g/mol. The van der Waals surface area contributed by atoms with Crippen molar-refractivity contribution in [1.82, 2.24) is 0 Å². The summed E-state index contributed by atoms with van der Waals surface area (Å²) in [6.45, 7) is 0. The molecule has 3 rings (SSSR count). The van der Waals surface area contributed by atoms with Crippen LogP contribution in [-0.2, 0) is 0 Å². The van der Waals surface area contributed by atoms with Crippen LogP contribution in [0.25, 0.3) is 11.1 Å². The minimum atomic E-state index is 0.804. The first-order valence-corrected chi connectivity index (χ1v) is 8.27. The first-order chi connectivity index (χ1) is 9.33. The highest BCUT2D eigenvalue weighted by molar-refractivity contribution is 14.1. The fourth-order valence-electron chi connectivity index (χ4n) is 3.05. The Bertz CT molecular complexity index is 536. The van der Waals surface area contributed by atoms with Gasteiger partial charge in [-0.3, -0.25) is 0 Å². The van der Waals surface area contributed by atoms with Gasteiger partial charge in [-0.05, 0) is 70.2 Å². The summed E-state index contributed by atoms with van der Waals surface area (Å²) in [6.07, 6.45) is 6.99. The maximum absolute atomic E-state index is 2.37. The molecule has 0 aromatic heterocycles. The van der Waals surface area contributed by atoms with E-state index in [1.807, 2.05) is 0 Å². The van der Waals surface area contributed by atoms with Crippen molar-refractivity contribution in [2.24, 2.45) is 0 Å². The van der Waals surface area contributed by atoms with Crippen LogP contribution in [-0.4, -0.2) is 0 Å². The molecule has 19 heavy (non-hydrogen) atoms. The van der Waals surface area contributed by atoms with Gasteiger partial charge >= 0.3 is 0 Å². The summed E-state index contributed by atoms with van der Waals surface area (Å²) in [5.74, 6) is 0.804. The molecule has 2 aromatic rings. The molecule has 0 nitrogen and oxygen atoms in total. The zero-order valence-corrected chi connectivity index (χ0v) is 13.3. The number of hydrogen-bond acceptors (Lipinski definition) is 0. The molecule has 1 aliphatic rings. The lowest BCUT2D eigenvalue weighted by atomic mass is 9.84. The van der Waals surface area contributed by atoms with Gasteiger partial charge in [0.05, 0.1) is 0 Å². The summed E-state index contributed by atoms with van der Waals surface area (Å²) in [5, 5.41) is 0. The van der Waals surface area contributed by atoms with Gasteiger partial charge in [-0.1, -0.05) is 55.7 Å². The van der Waals surface area contributed by atoms with Crippen LogP contribution in [0.2, 0.25) is 0 Å². The molecule has 0 spiro atoms. The van der Waals surface area contributed by atoms with Gasteiger partial charge in [-0.15, -0.1) is 0 Å². The Morgan fingerprint density at radius 2 is 1.53 bits per heavy atom. The van der Waals surface area contributed by atoms with E-state index in [2.05, 4.69) is 71.1 Å². The molecule has 0 radical (unpaired) electrons. The predicted octanol–water partition coefficient (Wildman–Crippen LogP) is 6.01. The summed E-state index contributed by atoms with van der Waals surface area (Å²) < 4.78 is 1.30. The van der Waals surface area contributed by atoms with Crippen molar-refractivity contribution in [2.75, 3.05) is 0 Å². The van der Waals surface area contributed by atoms with Crippen molar-refractivity contribution in [3.8, 4) is 11.1 Å². The molecule has 1 fully saturated rings. The van der Waals surface area contributed by atoms with Crippen molar-refractivity contribution >= 4 is 22.6 Å². The second-order valence-corrected chi connectivity index (χ2v) is 6.71. The van der Waals surface area contributed by atoms with Gasteiger partial charge in [-0.25, -0.2) is 0 Å². The normalized spacial score (nSPS) is 16.5. The third-order valence-electron chi connectivity index (χ3n) is 4.15. The Morgan fingerprint density at radius 3 is 2.21 bits per heavy atom. The molecule has 0 N–H and O–H groups in total. The van der Waals surface area contributed by atoms with Gasteiger partial charge in [0, 0.05) is 3.57 Å². The number of hydrogen-bond donors (Lipinski definition) is 0. The molecule has 0 heterocycles. The maximum Gasteiger partial charge on any atom is 0.0136 e. The quantitative estimate of drug-likeness (QED) is 0.575. The lowest BCUT2D eigenvalue weighted by molar-refractivity contribution is 0.443. The highest BCUT2D eigenvalue weighted by Crippen LogP contribution is 2.33. The average Bonchev–Trinajstić information content (AvgIpc) is 2.48. The zero-order valence-electron chi connectivity index (χ0n) is 11.1. The van der Waals surface area contributed by atoms with E-state index < -0.39 is 0 Å². The van der Waals surface area contributed by atoms with E-state index in [1.54, 1.807) is 0 Å². The van der Waals surface area contributed by atoms with Gasteiger partial charge in [0.1, 0.15) is 0 Å². The Labute approximate surface area is 129 Å². The van der Waals surface area contributed by atoms with Crippen LogP contribution >= 0.6 is 22.6 Å². The van der Waals surface area contributed by atoms with E-state index in [4.69, 9.17) is 0 Å². The molecule has 98 valence electrons. The monoisotopic (exact) mass is 362 g/mol. The number of benzene rings is 2. The molecule has 0 aliphatic heterocycles. The first-order valence-electron chi connectivity index (χ1n) is 7.19. The van der Waals surface area contributed by atoms with Crippen LogP contribution in [0.5, 0.6) is 0 Å². The molecule has 0 saturated heterocycles. The molecule has 1 saturated carbocycles. The van der Waals surface area contributed by atoms with Crippen molar-refractivity contribution in [3.05, 3.63) is 57.7 Å². The zero-order chi connectivity index (χ0) is 13.1. The van der Waals surface area contributed by atoms with E-state index in [1.165, 1.54) is 52.4 Å². The van der Waals surface area contributed by atoms with Gasteiger partial charge in [-0.2, -0.15) is 0 Å². The minimum absolute atomic E-state index is 0.804. The van der Waals surface area contributed by atoms with Crippen molar-refractivity contribution in [1.29, 1.82) is 0 Å². The van der Waals surface area contributed by atoms with Crippen molar-refractivity contribution in [3.63, 3.8) is 0 Å². The van der Waals surface area contributed by atoms with Crippen molar-refractivity contribution < 1.29 is 0 Å². The van der Waals surface area contributed by atoms with E-state index in [0.29, 0.717) is 0 Å². The second kappa shape index (κ2) is 6.08. The first kappa shape index (κ1) is 13.2. The largest absolute Gasteiger partial charge is 0.0606 e. The van der Waals surface area contributed by atoms with Crippen LogP contribution in [0.15, 0.2) is 48.5 Å². The number of halogens is 1. The highest BCUT2D eigenvalue weighted by Gasteiger charge is 2.15. The highest BCUT2D eigenvalue weighted by atomic mass is 127. The summed E-state index contributed by atoms with van der Waals surface area (Å²) in [5.41, 5.74) is 4.19. The Morgan fingerprint density at radius 1 is 0.789 bits per heavy atom. The molecular weight excluding hydrogens is 343 g/mol. The molecule has 0 amide bonds. The van der Waals surface area contributed by atoms with E-state index in [9.17, 15) is 0 Å². The van der Waals surface area contributed by atoms with Gasteiger partial charge < -0.3 is 0 Å². The molecule has 0 bridgehead atoms. The SMILES string of the molecule is Ic1cccc(-c2ccc(C3CCCCC3)cc2)c1. The van der Waals surface area contributed by atoms with Gasteiger partial charge in [0.15, 0.2) is 0 Å². The topological polar surface area (TPSA) is 0 Å². The lowest BCUT2D eigenvalue weighted by Crippen LogP contribution is -2.04. The standard InChI is InChI=1S/C18H19I/c19-18-8-4-7-17(13-18)16-11-9-15(10-12-16)14-5-2-1-3-6-14/h4,7-14H,1-3,5-6H2. The van der Waals surface area contributed by atoms with Crippen LogP contribution in [0.1, 0.15) is 43.6 Å². The third-order valence-corrected chi connectivity index (χ3v) is 4.82. The Kier molecular flexibility index (Phi) is 4.21. The molecule has 1 heteroatoms. The molecular formula is C18H19I. The molecule has 0 atom stereocenters. The van der Waals surface area contributed by atoms with Gasteiger partial charge in [0.2, 0.25) is 0 Å².